The number of amides is 2. The minimum atomic E-state index is -0.141. The predicted octanol–water partition coefficient (Wildman–Crippen LogP) is 2.55. The Hall–Kier alpha value is -2.82. The first-order valence-corrected chi connectivity index (χ1v) is 8.43. The highest BCUT2D eigenvalue weighted by molar-refractivity contribution is 5.96. The van der Waals surface area contributed by atoms with Crippen molar-refractivity contribution >= 4 is 17.5 Å². The number of aryl methyl sites for hydroxylation is 1. The van der Waals surface area contributed by atoms with Crippen LogP contribution in [-0.4, -0.2) is 31.5 Å². The zero-order valence-electron chi connectivity index (χ0n) is 14.3. The maximum Gasteiger partial charge on any atom is 0.229 e. The number of nitrogens with one attached hydrogen (secondary N) is 1. The maximum absolute atomic E-state index is 12.2. The molecule has 1 unspecified atom stereocenters. The molecule has 1 aliphatic rings. The van der Waals surface area contributed by atoms with E-state index in [0.717, 1.165) is 17.0 Å². The normalized spacial score (nSPS) is 16.8. The van der Waals surface area contributed by atoms with E-state index in [1.54, 1.807) is 12.0 Å². The minimum Gasteiger partial charge on any atom is -0.497 e. The second-order valence-electron chi connectivity index (χ2n) is 6.16. The van der Waals surface area contributed by atoms with Gasteiger partial charge in [-0.2, -0.15) is 0 Å². The molecule has 2 amide bonds. The summed E-state index contributed by atoms with van der Waals surface area (Å²) in [7, 11) is 1.61. The highest BCUT2D eigenvalue weighted by atomic mass is 16.5. The third-order valence-corrected chi connectivity index (χ3v) is 4.36. The van der Waals surface area contributed by atoms with Crippen LogP contribution in [0.3, 0.4) is 0 Å². The molecule has 0 aliphatic carbocycles. The van der Waals surface area contributed by atoms with Gasteiger partial charge < -0.3 is 15.0 Å². The highest BCUT2D eigenvalue weighted by Gasteiger charge is 2.31. The summed E-state index contributed by atoms with van der Waals surface area (Å²) in [6, 6.07) is 17.1. The van der Waals surface area contributed by atoms with Crippen molar-refractivity contribution in [3.05, 3.63) is 60.2 Å². The van der Waals surface area contributed by atoms with Crippen LogP contribution in [-0.2, 0) is 16.0 Å². The lowest BCUT2D eigenvalue weighted by Crippen LogP contribution is -2.37. The van der Waals surface area contributed by atoms with Crippen LogP contribution < -0.4 is 15.0 Å². The Morgan fingerprint density at radius 1 is 1.16 bits per heavy atom. The molecule has 3 rings (SSSR count). The average Bonchev–Trinajstić information content (AvgIpc) is 3.01. The van der Waals surface area contributed by atoms with Crippen molar-refractivity contribution < 1.29 is 14.3 Å². The van der Waals surface area contributed by atoms with Gasteiger partial charge in [-0.05, 0) is 36.2 Å². The molecule has 0 radical (unpaired) electrons. The second kappa shape index (κ2) is 7.83. The van der Waals surface area contributed by atoms with E-state index in [2.05, 4.69) is 5.32 Å². The molecule has 1 fully saturated rings. The summed E-state index contributed by atoms with van der Waals surface area (Å²) in [6.45, 7) is 0.502. The lowest BCUT2D eigenvalue weighted by atomic mass is 10.1. The molecule has 1 N–H and O–H groups in total. The standard InChI is InChI=1S/C20H22N2O3/c1-25-18-10-8-17(9-11-18)22-14-16(13-20(22)24)21-19(23)12-7-15-5-3-2-4-6-15/h2-6,8-11,16H,7,12-14H2,1H3,(H,21,23). The lowest BCUT2D eigenvalue weighted by Gasteiger charge is -2.17. The minimum absolute atomic E-state index is 0.0155. The lowest BCUT2D eigenvalue weighted by molar-refractivity contribution is -0.121. The van der Waals surface area contributed by atoms with Crippen LogP contribution in [0.15, 0.2) is 54.6 Å². The van der Waals surface area contributed by atoms with Gasteiger partial charge in [-0.1, -0.05) is 30.3 Å². The number of ether oxygens (including phenoxy) is 1. The zero-order chi connectivity index (χ0) is 17.6. The topological polar surface area (TPSA) is 58.6 Å². The van der Waals surface area contributed by atoms with Crippen LogP contribution >= 0.6 is 0 Å². The Labute approximate surface area is 147 Å². The molecule has 5 nitrogen and oxygen atoms in total. The first-order chi connectivity index (χ1) is 12.2. The van der Waals surface area contributed by atoms with E-state index < -0.39 is 0 Å². The van der Waals surface area contributed by atoms with Crippen LogP contribution in [0.1, 0.15) is 18.4 Å². The first-order valence-electron chi connectivity index (χ1n) is 8.43. The number of hydrogen-bond donors (Lipinski definition) is 1. The van der Waals surface area contributed by atoms with Crippen molar-refractivity contribution in [1.82, 2.24) is 5.32 Å². The fraction of sp³-hybridized carbons (Fsp3) is 0.300. The monoisotopic (exact) mass is 338 g/mol. The van der Waals surface area contributed by atoms with Crippen molar-refractivity contribution in [1.29, 1.82) is 0 Å². The zero-order valence-corrected chi connectivity index (χ0v) is 14.3. The number of benzene rings is 2. The Balaban J connectivity index is 1.52. The van der Waals surface area contributed by atoms with Crippen LogP contribution in [0.5, 0.6) is 5.75 Å². The predicted molar refractivity (Wildman–Crippen MR) is 96.7 cm³/mol. The number of rotatable bonds is 6. The Morgan fingerprint density at radius 2 is 1.88 bits per heavy atom. The molecule has 0 saturated carbocycles. The molecule has 1 heterocycles. The van der Waals surface area contributed by atoms with E-state index >= 15 is 0 Å². The summed E-state index contributed by atoms with van der Waals surface area (Å²) < 4.78 is 5.14. The summed E-state index contributed by atoms with van der Waals surface area (Å²) in [6.07, 6.45) is 1.47. The van der Waals surface area contributed by atoms with E-state index in [9.17, 15) is 9.59 Å². The van der Waals surface area contributed by atoms with Gasteiger partial charge in [0.1, 0.15) is 5.75 Å². The van der Waals surface area contributed by atoms with Crippen molar-refractivity contribution in [2.45, 2.75) is 25.3 Å². The Bertz CT molecular complexity index is 728. The van der Waals surface area contributed by atoms with Gasteiger partial charge in [0.2, 0.25) is 11.8 Å². The van der Waals surface area contributed by atoms with Gasteiger partial charge in [0.25, 0.3) is 0 Å². The molecular formula is C20H22N2O3. The van der Waals surface area contributed by atoms with Crippen LogP contribution in [0, 0.1) is 0 Å². The quantitative estimate of drug-likeness (QED) is 0.881. The summed E-state index contributed by atoms with van der Waals surface area (Å²) in [5, 5.41) is 2.98. The summed E-state index contributed by atoms with van der Waals surface area (Å²) >= 11 is 0. The molecule has 2 aromatic rings. The van der Waals surface area contributed by atoms with Gasteiger partial charge in [0, 0.05) is 25.1 Å². The van der Waals surface area contributed by atoms with Crippen molar-refractivity contribution in [3.63, 3.8) is 0 Å². The number of methoxy groups -OCH3 is 1. The van der Waals surface area contributed by atoms with E-state index in [-0.39, 0.29) is 17.9 Å². The van der Waals surface area contributed by atoms with E-state index in [0.29, 0.717) is 25.8 Å². The molecule has 1 saturated heterocycles. The maximum atomic E-state index is 12.2. The Morgan fingerprint density at radius 3 is 2.56 bits per heavy atom. The molecule has 0 aromatic heterocycles. The molecule has 1 atom stereocenters. The Kier molecular flexibility index (Phi) is 5.33. The van der Waals surface area contributed by atoms with Gasteiger partial charge in [-0.25, -0.2) is 0 Å². The summed E-state index contributed by atoms with van der Waals surface area (Å²) in [5.41, 5.74) is 1.96. The smallest absolute Gasteiger partial charge is 0.229 e. The van der Waals surface area contributed by atoms with E-state index in [4.69, 9.17) is 4.74 Å². The molecule has 1 aliphatic heterocycles. The number of anilines is 1. The molecule has 0 bridgehead atoms. The first kappa shape index (κ1) is 17.0. The average molecular weight is 338 g/mol. The molecular weight excluding hydrogens is 316 g/mol. The highest BCUT2D eigenvalue weighted by Crippen LogP contribution is 2.24. The third-order valence-electron chi connectivity index (χ3n) is 4.36. The molecule has 2 aromatic carbocycles. The van der Waals surface area contributed by atoms with Crippen LogP contribution in [0.25, 0.3) is 0 Å². The van der Waals surface area contributed by atoms with Crippen molar-refractivity contribution in [3.8, 4) is 5.75 Å². The molecule has 25 heavy (non-hydrogen) atoms. The number of carbonyl (C=O) groups excluding carboxylic acids is 2. The van der Waals surface area contributed by atoms with Crippen molar-refractivity contribution in [2.75, 3.05) is 18.6 Å². The summed E-state index contributed by atoms with van der Waals surface area (Å²) in [4.78, 5) is 26.1. The van der Waals surface area contributed by atoms with Gasteiger partial charge in [0.05, 0.1) is 13.2 Å². The second-order valence-corrected chi connectivity index (χ2v) is 6.16. The van der Waals surface area contributed by atoms with Gasteiger partial charge in [-0.15, -0.1) is 0 Å². The number of carbonyl (C=O) groups is 2. The van der Waals surface area contributed by atoms with Gasteiger partial charge >= 0.3 is 0 Å². The van der Waals surface area contributed by atoms with Gasteiger partial charge in [0.15, 0.2) is 0 Å². The van der Waals surface area contributed by atoms with Crippen LogP contribution in [0.2, 0.25) is 0 Å². The number of nitrogens with zero attached hydrogens (tertiary/aromatic N) is 1. The molecule has 5 heteroatoms. The molecule has 0 spiro atoms. The largest absolute Gasteiger partial charge is 0.497 e. The van der Waals surface area contributed by atoms with E-state index in [1.165, 1.54) is 0 Å². The number of hydrogen-bond acceptors (Lipinski definition) is 3. The third kappa shape index (κ3) is 4.38. The summed E-state index contributed by atoms with van der Waals surface area (Å²) in [5.74, 6) is 0.762. The fourth-order valence-corrected chi connectivity index (χ4v) is 3.02. The molecule has 130 valence electrons. The SMILES string of the molecule is COc1ccc(N2CC(NC(=O)CCc3ccccc3)CC2=O)cc1. The van der Waals surface area contributed by atoms with Crippen LogP contribution in [0.4, 0.5) is 5.69 Å². The fourth-order valence-electron chi connectivity index (χ4n) is 3.02. The van der Waals surface area contributed by atoms with E-state index in [1.807, 2.05) is 54.6 Å². The van der Waals surface area contributed by atoms with Gasteiger partial charge in [-0.3, -0.25) is 9.59 Å². The van der Waals surface area contributed by atoms with Crippen molar-refractivity contribution in [2.24, 2.45) is 0 Å².